The molecular formula is C14H17ClF4N2O2. The molecule has 9 heteroatoms. The van der Waals surface area contributed by atoms with E-state index in [9.17, 15) is 22.4 Å². The molecule has 1 heterocycles. The maximum atomic E-state index is 13.2. The Balaban J connectivity index is 0.00000264. The summed E-state index contributed by atoms with van der Waals surface area (Å²) in [4.78, 5) is 12.1. The SMILES string of the molecule is Cl.O=C(Nc1ccc(F)cc1OCC(F)(F)F)C1CCNCC1. The van der Waals surface area contributed by atoms with Crippen LogP contribution in [0, 0.1) is 11.7 Å². The molecule has 0 bridgehead atoms. The van der Waals surface area contributed by atoms with Crippen LogP contribution in [0.4, 0.5) is 23.2 Å². The van der Waals surface area contributed by atoms with Crippen LogP contribution in [0.1, 0.15) is 12.8 Å². The molecule has 0 unspecified atom stereocenters. The summed E-state index contributed by atoms with van der Waals surface area (Å²) < 4.78 is 54.4. The van der Waals surface area contributed by atoms with Crippen LogP contribution in [-0.2, 0) is 4.79 Å². The second kappa shape index (κ2) is 8.35. The topological polar surface area (TPSA) is 50.4 Å². The zero-order chi connectivity index (χ0) is 16.2. The number of ether oxygens (including phenoxy) is 1. The number of piperidine rings is 1. The molecule has 0 saturated carbocycles. The van der Waals surface area contributed by atoms with Gasteiger partial charge in [0.25, 0.3) is 0 Å². The van der Waals surface area contributed by atoms with Crippen molar-refractivity contribution in [3.05, 3.63) is 24.0 Å². The van der Waals surface area contributed by atoms with Gasteiger partial charge in [0.2, 0.25) is 5.91 Å². The van der Waals surface area contributed by atoms with Crippen molar-refractivity contribution < 1.29 is 27.1 Å². The highest BCUT2D eigenvalue weighted by Crippen LogP contribution is 2.28. The summed E-state index contributed by atoms with van der Waals surface area (Å²) in [5.74, 6) is -1.59. The lowest BCUT2D eigenvalue weighted by Gasteiger charge is -2.22. The first-order valence-electron chi connectivity index (χ1n) is 6.86. The minimum atomic E-state index is -4.54. The number of hydrogen-bond donors (Lipinski definition) is 2. The number of halogens is 5. The summed E-state index contributed by atoms with van der Waals surface area (Å²) in [6.45, 7) is -0.134. The molecule has 0 aromatic heterocycles. The summed E-state index contributed by atoms with van der Waals surface area (Å²) in [7, 11) is 0. The van der Waals surface area contributed by atoms with Gasteiger partial charge in [0.1, 0.15) is 11.6 Å². The van der Waals surface area contributed by atoms with E-state index in [4.69, 9.17) is 0 Å². The van der Waals surface area contributed by atoms with Gasteiger partial charge in [-0.05, 0) is 38.1 Å². The zero-order valence-electron chi connectivity index (χ0n) is 12.1. The predicted octanol–water partition coefficient (Wildman–Crippen LogP) is 3.13. The lowest BCUT2D eigenvalue weighted by molar-refractivity contribution is -0.153. The van der Waals surface area contributed by atoms with Gasteiger partial charge >= 0.3 is 6.18 Å². The van der Waals surface area contributed by atoms with Gasteiger partial charge < -0.3 is 15.4 Å². The normalized spacial score (nSPS) is 15.7. The van der Waals surface area contributed by atoms with Crippen LogP contribution in [0.15, 0.2) is 18.2 Å². The summed E-state index contributed by atoms with van der Waals surface area (Å²) in [5.41, 5.74) is 0.0363. The molecular weight excluding hydrogens is 340 g/mol. The molecule has 1 amide bonds. The molecule has 1 aromatic rings. The molecule has 1 aliphatic heterocycles. The second-order valence-corrected chi connectivity index (χ2v) is 5.06. The molecule has 0 aliphatic carbocycles. The average molecular weight is 357 g/mol. The zero-order valence-corrected chi connectivity index (χ0v) is 12.9. The van der Waals surface area contributed by atoms with Crippen molar-refractivity contribution in [2.24, 2.45) is 5.92 Å². The number of amides is 1. The molecule has 1 fully saturated rings. The molecule has 1 saturated heterocycles. The fourth-order valence-corrected chi connectivity index (χ4v) is 2.20. The quantitative estimate of drug-likeness (QED) is 0.815. The van der Waals surface area contributed by atoms with E-state index in [0.717, 1.165) is 12.1 Å². The van der Waals surface area contributed by atoms with Crippen LogP contribution in [0.25, 0.3) is 0 Å². The van der Waals surface area contributed by atoms with Gasteiger partial charge in [-0.2, -0.15) is 13.2 Å². The lowest BCUT2D eigenvalue weighted by atomic mass is 9.97. The Morgan fingerprint density at radius 1 is 1.30 bits per heavy atom. The summed E-state index contributed by atoms with van der Waals surface area (Å²) in [5, 5.41) is 5.63. The molecule has 130 valence electrons. The molecule has 1 aliphatic rings. The smallest absolute Gasteiger partial charge is 0.422 e. The maximum absolute atomic E-state index is 13.2. The van der Waals surface area contributed by atoms with Crippen LogP contribution < -0.4 is 15.4 Å². The summed E-state index contributed by atoms with van der Waals surface area (Å²) >= 11 is 0. The fraction of sp³-hybridized carbons (Fsp3) is 0.500. The third kappa shape index (κ3) is 6.23. The van der Waals surface area contributed by atoms with Crippen molar-refractivity contribution in [2.45, 2.75) is 19.0 Å². The van der Waals surface area contributed by atoms with Gasteiger partial charge in [-0.15, -0.1) is 12.4 Å². The highest BCUT2D eigenvalue weighted by molar-refractivity contribution is 5.94. The van der Waals surface area contributed by atoms with E-state index in [2.05, 4.69) is 15.4 Å². The van der Waals surface area contributed by atoms with E-state index in [1.807, 2.05) is 0 Å². The van der Waals surface area contributed by atoms with Crippen LogP contribution in [-0.4, -0.2) is 31.8 Å². The van der Waals surface area contributed by atoms with Crippen LogP contribution in [0.5, 0.6) is 5.75 Å². The maximum Gasteiger partial charge on any atom is 0.422 e. The van der Waals surface area contributed by atoms with Gasteiger partial charge in [-0.3, -0.25) is 4.79 Å². The van der Waals surface area contributed by atoms with Gasteiger partial charge in [0.15, 0.2) is 6.61 Å². The Kier molecular flexibility index (Phi) is 7.08. The van der Waals surface area contributed by atoms with Crippen molar-refractivity contribution in [3.63, 3.8) is 0 Å². The first kappa shape index (κ1) is 19.5. The first-order chi connectivity index (χ1) is 10.3. The highest BCUT2D eigenvalue weighted by atomic mass is 35.5. The van der Waals surface area contributed by atoms with Crippen molar-refractivity contribution in [1.82, 2.24) is 5.32 Å². The van der Waals surface area contributed by atoms with Crippen LogP contribution in [0.3, 0.4) is 0 Å². The van der Waals surface area contributed by atoms with Gasteiger partial charge in [0.05, 0.1) is 5.69 Å². The molecule has 0 radical (unpaired) electrons. The summed E-state index contributed by atoms with van der Waals surface area (Å²) in [6.07, 6.45) is -3.25. The van der Waals surface area contributed by atoms with Gasteiger partial charge in [-0.1, -0.05) is 0 Å². The van der Waals surface area contributed by atoms with E-state index >= 15 is 0 Å². The van der Waals surface area contributed by atoms with Gasteiger partial charge in [0, 0.05) is 12.0 Å². The number of carbonyl (C=O) groups excluding carboxylic acids is 1. The number of nitrogens with one attached hydrogen (secondary N) is 2. The fourth-order valence-electron chi connectivity index (χ4n) is 2.20. The molecule has 0 spiro atoms. The van der Waals surface area contributed by atoms with Crippen molar-refractivity contribution in [2.75, 3.05) is 25.0 Å². The van der Waals surface area contributed by atoms with E-state index in [1.54, 1.807) is 0 Å². The van der Waals surface area contributed by atoms with E-state index in [0.29, 0.717) is 25.9 Å². The number of benzene rings is 1. The molecule has 1 aromatic carbocycles. The van der Waals surface area contributed by atoms with Crippen LogP contribution >= 0.6 is 12.4 Å². The summed E-state index contributed by atoms with van der Waals surface area (Å²) in [6, 6.07) is 3.07. The first-order valence-corrected chi connectivity index (χ1v) is 6.86. The predicted molar refractivity (Wildman–Crippen MR) is 79.4 cm³/mol. The largest absolute Gasteiger partial charge is 0.482 e. The van der Waals surface area contributed by atoms with Crippen molar-refractivity contribution >= 4 is 24.0 Å². The number of anilines is 1. The monoisotopic (exact) mass is 356 g/mol. The van der Waals surface area contributed by atoms with E-state index in [1.165, 1.54) is 6.07 Å². The Morgan fingerprint density at radius 3 is 2.57 bits per heavy atom. The van der Waals surface area contributed by atoms with Gasteiger partial charge in [-0.25, -0.2) is 4.39 Å². The van der Waals surface area contributed by atoms with Crippen molar-refractivity contribution in [1.29, 1.82) is 0 Å². The van der Waals surface area contributed by atoms with E-state index in [-0.39, 0.29) is 35.7 Å². The highest BCUT2D eigenvalue weighted by Gasteiger charge is 2.29. The molecule has 0 atom stereocenters. The minimum Gasteiger partial charge on any atom is -0.482 e. The number of alkyl halides is 3. The Labute approximate surface area is 137 Å². The number of rotatable bonds is 4. The third-order valence-corrected chi connectivity index (χ3v) is 3.30. The minimum absolute atomic E-state index is 0. The number of hydrogen-bond acceptors (Lipinski definition) is 3. The molecule has 4 nitrogen and oxygen atoms in total. The third-order valence-electron chi connectivity index (χ3n) is 3.30. The van der Waals surface area contributed by atoms with E-state index < -0.39 is 18.6 Å². The van der Waals surface area contributed by atoms with Crippen LogP contribution in [0.2, 0.25) is 0 Å². The lowest BCUT2D eigenvalue weighted by Crippen LogP contribution is -2.34. The molecule has 2 N–H and O–H groups in total. The Morgan fingerprint density at radius 2 is 1.96 bits per heavy atom. The number of carbonyl (C=O) groups is 1. The second-order valence-electron chi connectivity index (χ2n) is 5.06. The Bertz CT molecular complexity index is 534. The van der Waals surface area contributed by atoms with Crippen molar-refractivity contribution in [3.8, 4) is 5.75 Å². The Hall–Kier alpha value is -1.54. The standard InChI is InChI=1S/C14H16F4N2O2.ClH/c15-10-1-2-11(12(7-10)22-8-14(16,17)18)20-13(21)9-3-5-19-6-4-9;/h1-2,7,9,19H,3-6,8H2,(H,20,21);1H. The molecule has 2 rings (SSSR count). The molecule has 23 heavy (non-hydrogen) atoms. The average Bonchev–Trinajstić information content (AvgIpc) is 2.47.